The molecule has 0 aliphatic rings. The van der Waals surface area contributed by atoms with Crippen LogP contribution in [0.4, 0.5) is 17.1 Å². The van der Waals surface area contributed by atoms with Crippen LogP contribution >= 0.6 is 0 Å². The van der Waals surface area contributed by atoms with Gasteiger partial charge < -0.3 is 4.90 Å². The van der Waals surface area contributed by atoms with Crippen LogP contribution < -0.4 is 10.4 Å². The minimum atomic E-state index is 1.17. The Hall–Kier alpha value is -2.48. The molecule has 1 nitrogen and oxygen atoms in total. The molecule has 0 aliphatic heterocycles. The summed E-state index contributed by atoms with van der Waals surface area (Å²) in [5.74, 6) is 0. The highest BCUT2D eigenvalue weighted by Gasteiger charge is 2.12. The zero-order valence-electron chi connectivity index (χ0n) is 11.5. The molecule has 0 aromatic heterocycles. The van der Waals surface area contributed by atoms with Crippen LogP contribution in [-0.2, 0) is 0 Å². The molecular weight excluding hydrogens is 241 g/mol. The highest BCUT2D eigenvalue weighted by atomic mass is 15.1. The van der Waals surface area contributed by atoms with Crippen LogP contribution in [0.5, 0.6) is 0 Å². The minimum absolute atomic E-state index is 1.17. The summed E-state index contributed by atoms with van der Waals surface area (Å²) < 4.78 is 0. The average molecular weight is 257 g/mol. The molecule has 0 N–H and O–H groups in total. The summed E-state index contributed by atoms with van der Waals surface area (Å²) in [6.07, 6.45) is 0. The lowest BCUT2D eigenvalue weighted by atomic mass is 9.93. The standard InChI is InChI=1S/C18H16BN/c19-17-13-7-8-14-18(17)20(15-9-3-1-4-10-15)16-11-5-2-6-12-16/h1-14H,19H2. The lowest BCUT2D eigenvalue weighted by molar-refractivity contribution is 1.29. The Balaban J connectivity index is 2.17. The zero-order chi connectivity index (χ0) is 13.8. The van der Waals surface area contributed by atoms with E-state index in [1.807, 2.05) is 12.1 Å². The summed E-state index contributed by atoms with van der Waals surface area (Å²) in [6, 6.07) is 29.4. The molecule has 0 fully saturated rings. The Labute approximate surface area is 120 Å². The molecule has 0 amide bonds. The molecule has 0 unspecified atom stereocenters. The molecule has 3 rings (SSSR count). The smallest absolute Gasteiger partial charge is 0.142 e. The van der Waals surface area contributed by atoms with Gasteiger partial charge in [0.15, 0.2) is 0 Å². The Bertz CT molecular complexity index is 641. The van der Waals surface area contributed by atoms with E-state index in [1.165, 1.54) is 22.5 Å². The van der Waals surface area contributed by atoms with E-state index >= 15 is 0 Å². The first-order valence-corrected chi connectivity index (χ1v) is 6.82. The van der Waals surface area contributed by atoms with Crippen LogP contribution in [-0.4, -0.2) is 7.85 Å². The van der Waals surface area contributed by atoms with Crippen molar-refractivity contribution in [2.24, 2.45) is 0 Å². The number of rotatable bonds is 3. The number of hydrogen-bond donors (Lipinski definition) is 0. The molecule has 0 saturated carbocycles. The van der Waals surface area contributed by atoms with Gasteiger partial charge >= 0.3 is 0 Å². The van der Waals surface area contributed by atoms with Crippen molar-refractivity contribution >= 4 is 30.4 Å². The number of hydrogen-bond acceptors (Lipinski definition) is 1. The van der Waals surface area contributed by atoms with E-state index in [4.69, 9.17) is 0 Å². The molecule has 3 aromatic carbocycles. The van der Waals surface area contributed by atoms with Gasteiger partial charge in [0, 0.05) is 17.1 Å². The fourth-order valence-corrected chi connectivity index (χ4v) is 2.40. The first-order valence-electron chi connectivity index (χ1n) is 6.82. The summed E-state index contributed by atoms with van der Waals surface area (Å²) in [4.78, 5) is 2.29. The number of para-hydroxylation sites is 3. The third-order valence-electron chi connectivity index (χ3n) is 3.39. The Morgan fingerprint density at radius 1 is 0.550 bits per heavy atom. The zero-order valence-corrected chi connectivity index (χ0v) is 11.5. The molecule has 0 aliphatic carbocycles. The van der Waals surface area contributed by atoms with Crippen LogP contribution in [0.1, 0.15) is 0 Å². The van der Waals surface area contributed by atoms with Crippen molar-refractivity contribution in [3.63, 3.8) is 0 Å². The summed E-state index contributed by atoms with van der Waals surface area (Å²) >= 11 is 0. The Morgan fingerprint density at radius 2 is 1.00 bits per heavy atom. The van der Waals surface area contributed by atoms with Gasteiger partial charge in [0.1, 0.15) is 7.85 Å². The highest BCUT2D eigenvalue weighted by Crippen LogP contribution is 2.32. The van der Waals surface area contributed by atoms with Gasteiger partial charge in [-0.25, -0.2) is 0 Å². The maximum absolute atomic E-state index is 2.29. The van der Waals surface area contributed by atoms with Gasteiger partial charge in [-0.05, 0) is 30.3 Å². The van der Waals surface area contributed by atoms with Crippen molar-refractivity contribution < 1.29 is 0 Å². The number of benzene rings is 3. The van der Waals surface area contributed by atoms with E-state index < -0.39 is 0 Å². The molecule has 0 bridgehead atoms. The molecule has 96 valence electrons. The lowest BCUT2D eigenvalue weighted by Gasteiger charge is -2.27. The maximum Gasteiger partial charge on any atom is 0.142 e. The average Bonchev–Trinajstić information content (AvgIpc) is 2.52. The van der Waals surface area contributed by atoms with Gasteiger partial charge in [-0.2, -0.15) is 0 Å². The van der Waals surface area contributed by atoms with Gasteiger partial charge in [0.2, 0.25) is 0 Å². The molecule has 0 saturated heterocycles. The molecule has 0 radical (unpaired) electrons. The molecule has 0 atom stereocenters. The van der Waals surface area contributed by atoms with Crippen molar-refractivity contribution in [3.05, 3.63) is 84.9 Å². The molecule has 0 spiro atoms. The second-order valence-corrected chi connectivity index (χ2v) is 4.79. The third kappa shape index (κ3) is 2.46. The maximum atomic E-state index is 2.29. The molecule has 2 heteroatoms. The van der Waals surface area contributed by atoms with Crippen LogP contribution in [0.25, 0.3) is 0 Å². The van der Waals surface area contributed by atoms with Crippen molar-refractivity contribution in [3.8, 4) is 0 Å². The van der Waals surface area contributed by atoms with Gasteiger partial charge in [-0.15, -0.1) is 0 Å². The van der Waals surface area contributed by atoms with Crippen LogP contribution in [0.3, 0.4) is 0 Å². The summed E-state index contributed by atoms with van der Waals surface area (Å²) in [7, 11) is 2.15. The van der Waals surface area contributed by atoms with E-state index in [-0.39, 0.29) is 0 Å². The van der Waals surface area contributed by atoms with Crippen LogP contribution in [0, 0.1) is 0 Å². The summed E-state index contributed by atoms with van der Waals surface area (Å²) in [6.45, 7) is 0. The second kappa shape index (κ2) is 5.66. The third-order valence-corrected chi connectivity index (χ3v) is 3.39. The monoisotopic (exact) mass is 257 g/mol. The Kier molecular flexibility index (Phi) is 3.55. The molecule has 20 heavy (non-hydrogen) atoms. The van der Waals surface area contributed by atoms with Crippen LogP contribution in [0.15, 0.2) is 84.9 Å². The van der Waals surface area contributed by atoms with Crippen molar-refractivity contribution in [2.45, 2.75) is 0 Å². The fourth-order valence-electron chi connectivity index (χ4n) is 2.40. The van der Waals surface area contributed by atoms with E-state index in [0.717, 1.165) is 0 Å². The van der Waals surface area contributed by atoms with Crippen molar-refractivity contribution in [2.75, 3.05) is 4.90 Å². The van der Waals surface area contributed by atoms with Gasteiger partial charge in [0.05, 0.1) is 0 Å². The largest absolute Gasteiger partial charge is 0.311 e. The van der Waals surface area contributed by atoms with E-state index in [1.54, 1.807) is 0 Å². The highest BCUT2D eigenvalue weighted by molar-refractivity contribution is 6.36. The van der Waals surface area contributed by atoms with E-state index in [2.05, 4.69) is 85.5 Å². The molecular formula is C18H16BN. The van der Waals surface area contributed by atoms with Gasteiger partial charge in [0.25, 0.3) is 0 Å². The van der Waals surface area contributed by atoms with Gasteiger partial charge in [-0.3, -0.25) is 0 Å². The second-order valence-electron chi connectivity index (χ2n) is 4.79. The Morgan fingerprint density at radius 3 is 1.50 bits per heavy atom. The quantitative estimate of drug-likeness (QED) is 0.650. The minimum Gasteiger partial charge on any atom is -0.311 e. The fraction of sp³-hybridized carbons (Fsp3) is 0. The van der Waals surface area contributed by atoms with Crippen LogP contribution in [0.2, 0.25) is 0 Å². The van der Waals surface area contributed by atoms with Crippen molar-refractivity contribution in [1.29, 1.82) is 0 Å². The molecule has 0 heterocycles. The number of nitrogens with zero attached hydrogens (tertiary/aromatic N) is 1. The first kappa shape index (κ1) is 12.6. The predicted molar refractivity (Wildman–Crippen MR) is 89.3 cm³/mol. The summed E-state index contributed by atoms with van der Waals surface area (Å²) in [5.41, 5.74) is 4.83. The van der Waals surface area contributed by atoms with Gasteiger partial charge in [-0.1, -0.05) is 60.1 Å². The molecule has 3 aromatic rings. The topological polar surface area (TPSA) is 3.24 Å². The first-order chi connectivity index (χ1) is 9.86. The normalized spacial score (nSPS) is 10.2. The van der Waals surface area contributed by atoms with Crippen molar-refractivity contribution in [1.82, 2.24) is 0 Å². The lowest BCUT2D eigenvalue weighted by Crippen LogP contribution is -2.18. The summed E-state index contributed by atoms with van der Waals surface area (Å²) in [5, 5.41) is 0. The SMILES string of the molecule is Bc1ccccc1N(c1ccccc1)c1ccccc1. The predicted octanol–water partition coefficient (Wildman–Crippen LogP) is 3.41. The van der Waals surface area contributed by atoms with E-state index in [0.29, 0.717) is 0 Å². The number of anilines is 3. The van der Waals surface area contributed by atoms with E-state index in [9.17, 15) is 0 Å².